The van der Waals surface area contributed by atoms with E-state index in [9.17, 15) is 19.8 Å². The van der Waals surface area contributed by atoms with Gasteiger partial charge in [-0.3, -0.25) is 0 Å². The molecule has 5 saturated carbocycles. The summed E-state index contributed by atoms with van der Waals surface area (Å²) in [5, 5.41) is 25.3. The lowest BCUT2D eigenvalue weighted by atomic mass is 9.43. The van der Waals surface area contributed by atoms with Crippen LogP contribution in [-0.4, -0.2) is 51.9 Å². The number of carbonyl (C=O) groups is 2. The molecule has 9 rings (SSSR count). The lowest BCUT2D eigenvalue weighted by Gasteiger charge is -2.64. The predicted molar refractivity (Wildman–Crippen MR) is 147 cm³/mol. The van der Waals surface area contributed by atoms with Crippen molar-refractivity contribution in [3.8, 4) is 0 Å². The monoisotopic (exact) mass is 560 g/mol. The topological polar surface area (TPSA) is 102 Å². The Morgan fingerprint density at radius 1 is 1.02 bits per heavy atom. The quantitative estimate of drug-likeness (QED) is 0.300. The first-order valence-electron chi connectivity index (χ1n) is 15.7. The summed E-state index contributed by atoms with van der Waals surface area (Å²) < 4.78 is 19.4. The van der Waals surface area contributed by atoms with Gasteiger partial charge in [0.1, 0.15) is 6.10 Å². The van der Waals surface area contributed by atoms with Gasteiger partial charge in [-0.1, -0.05) is 39.3 Å². The summed E-state index contributed by atoms with van der Waals surface area (Å²) in [6.07, 6.45) is 3.50. The standard InChI is InChI=1S/C34H40O7/c1-7-8-9-39-34-24(16(4)28(36)41-34)25-26-31(6,29(34)37)21-12-22(21)32(26,38)13-23-30(5)18(14(2)17-10-20(17)30)11-19-15(3)27(35)40-33(19,23)25/h17-18,20-23,29,37-38H,2,7-13H2,1,3-6H3/t17-,18+,20-,21-,22+,23+,29-,30-,31+,32+,33+,34+/m1/s1. The van der Waals surface area contributed by atoms with Gasteiger partial charge in [-0.25, -0.2) is 9.59 Å². The van der Waals surface area contributed by atoms with E-state index in [1.54, 1.807) is 6.92 Å². The lowest BCUT2D eigenvalue weighted by Crippen LogP contribution is -2.68. The van der Waals surface area contributed by atoms with Crippen LogP contribution in [0.2, 0.25) is 0 Å². The molecule has 0 aromatic rings. The van der Waals surface area contributed by atoms with Crippen molar-refractivity contribution in [2.45, 2.75) is 96.2 Å². The van der Waals surface area contributed by atoms with Crippen molar-refractivity contribution < 1.29 is 34.0 Å². The van der Waals surface area contributed by atoms with E-state index in [-0.39, 0.29) is 35.1 Å². The van der Waals surface area contributed by atoms with Crippen LogP contribution in [0.15, 0.2) is 45.6 Å². The van der Waals surface area contributed by atoms with Crippen LogP contribution in [0.1, 0.15) is 73.1 Å². The number of aliphatic hydroxyl groups excluding tert-OH is 1. The van der Waals surface area contributed by atoms with E-state index in [4.69, 9.17) is 14.2 Å². The Morgan fingerprint density at radius 3 is 2.49 bits per heavy atom. The fraction of sp³-hybridized carbons (Fsp3) is 0.706. The van der Waals surface area contributed by atoms with Crippen LogP contribution in [0, 0.1) is 46.3 Å². The summed E-state index contributed by atoms with van der Waals surface area (Å²) >= 11 is 0. The van der Waals surface area contributed by atoms with E-state index in [0.717, 1.165) is 36.8 Å². The number of ether oxygens (including phenoxy) is 3. The number of hydrogen-bond donors (Lipinski definition) is 2. The Kier molecular flexibility index (Phi) is 4.28. The van der Waals surface area contributed by atoms with Gasteiger partial charge in [0.2, 0.25) is 0 Å². The maximum absolute atomic E-state index is 13.7. The Labute approximate surface area is 240 Å². The normalized spacial score (nSPS) is 54.7. The zero-order chi connectivity index (χ0) is 28.8. The van der Waals surface area contributed by atoms with Crippen molar-refractivity contribution in [1.82, 2.24) is 0 Å². The van der Waals surface area contributed by atoms with E-state index >= 15 is 0 Å². The SMILES string of the molecule is C=C1[C@H]2C[C@H]2[C@]2(C)[C@@H]3C[C@@]4(O)C5=C(C6=C(C)C(=O)O[C@]6(OCCCC)[C@H](O)[C@@]5(C)[C@@H]5C[C@@H]54)[C@@]34OC(=O)C(C)=C4C[C@@H]12. The summed E-state index contributed by atoms with van der Waals surface area (Å²) in [6.45, 7) is 14.9. The van der Waals surface area contributed by atoms with Crippen LogP contribution < -0.4 is 0 Å². The summed E-state index contributed by atoms with van der Waals surface area (Å²) in [5.74, 6) is -1.59. The van der Waals surface area contributed by atoms with Crippen molar-refractivity contribution in [3.63, 3.8) is 0 Å². The molecular formula is C34H40O7. The highest BCUT2D eigenvalue weighted by Gasteiger charge is 2.86. The van der Waals surface area contributed by atoms with Gasteiger partial charge in [0.15, 0.2) is 5.60 Å². The van der Waals surface area contributed by atoms with Gasteiger partial charge in [0, 0.05) is 33.6 Å². The fourth-order valence-electron chi connectivity index (χ4n) is 12.0. The molecule has 12 atom stereocenters. The lowest BCUT2D eigenvalue weighted by molar-refractivity contribution is -0.265. The maximum atomic E-state index is 13.7. The molecule has 0 bridgehead atoms. The van der Waals surface area contributed by atoms with E-state index < -0.39 is 34.5 Å². The largest absolute Gasteiger partial charge is 0.446 e. The average Bonchev–Trinajstić information content (AvgIpc) is 3.82. The van der Waals surface area contributed by atoms with Crippen molar-refractivity contribution in [3.05, 3.63) is 45.6 Å². The Balaban J connectivity index is 1.39. The minimum absolute atomic E-state index is 0.00170. The third-order valence-corrected chi connectivity index (χ3v) is 13.9. The van der Waals surface area contributed by atoms with E-state index in [1.165, 1.54) is 5.57 Å². The van der Waals surface area contributed by atoms with Crippen molar-refractivity contribution >= 4 is 11.9 Å². The van der Waals surface area contributed by atoms with Gasteiger partial charge >= 0.3 is 11.9 Å². The van der Waals surface area contributed by atoms with Gasteiger partial charge in [0.25, 0.3) is 5.79 Å². The molecule has 9 aliphatic rings. The number of rotatable bonds is 4. The van der Waals surface area contributed by atoms with Crippen LogP contribution in [0.25, 0.3) is 0 Å². The number of carbonyl (C=O) groups excluding carboxylic acids is 2. The third kappa shape index (κ3) is 2.31. The third-order valence-electron chi connectivity index (χ3n) is 13.9. The zero-order valence-corrected chi connectivity index (χ0v) is 24.6. The van der Waals surface area contributed by atoms with Crippen LogP contribution in [0.4, 0.5) is 0 Å². The molecule has 7 nitrogen and oxygen atoms in total. The Morgan fingerprint density at radius 2 is 1.76 bits per heavy atom. The Hall–Kier alpha value is -2.22. The molecule has 2 aliphatic heterocycles. The molecule has 2 heterocycles. The summed E-state index contributed by atoms with van der Waals surface area (Å²) in [5.41, 5.74) is 1.82. The highest BCUT2D eigenvalue weighted by molar-refractivity contribution is 5.98. The molecule has 0 amide bonds. The first kappa shape index (κ1) is 25.3. The second-order valence-corrected chi connectivity index (χ2v) is 15.2. The number of unbranched alkanes of at least 4 members (excludes halogenated alkanes) is 1. The number of fused-ring (bicyclic) bond motifs is 9. The minimum atomic E-state index is -1.70. The Bertz CT molecular complexity index is 1520. The first-order chi connectivity index (χ1) is 19.3. The number of hydrogen-bond acceptors (Lipinski definition) is 7. The summed E-state index contributed by atoms with van der Waals surface area (Å²) in [6, 6.07) is 0. The molecule has 0 aromatic carbocycles. The van der Waals surface area contributed by atoms with E-state index in [0.29, 0.717) is 53.6 Å². The summed E-state index contributed by atoms with van der Waals surface area (Å²) in [4.78, 5) is 27.2. The molecule has 7 aliphatic carbocycles. The van der Waals surface area contributed by atoms with Gasteiger partial charge in [-0.05, 0) is 92.1 Å². The molecule has 0 unspecified atom stereocenters. The van der Waals surface area contributed by atoms with Crippen LogP contribution in [-0.2, 0) is 23.8 Å². The molecular weight excluding hydrogens is 520 g/mol. The van der Waals surface area contributed by atoms with E-state index in [2.05, 4.69) is 20.4 Å². The van der Waals surface area contributed by atoms with Gasteiger partial charge < -0.3 is 24.4 Å². The second-order valence-electron chi connectivity index (χ2n) is 15.2. The van der Waals surface area contributed by atoms with Crippen LogP contribution in [0.5, 0.6) is 0 Å². The van der Waals surface area contributed by atoms with E-state index in [1.807, 2.05) is 13.8 Å². The summed E-state index contributed by atoms with van der Waals surface area (Å²) in [7, 11) is 0. The molecule has 2 N–H and O–H groups in total. The highest BCUT2D eigenvalue weighted by Crippen LogP contribution is 2.84. The molecule has 0 aromatic heterocycles. The van der Waals surface area contributed by atoms with Crippen LogP contribution in [0.3, 0.4) is 0 Å². The average molecular weight is 561 g/mol. The molecule has 1 spiro atoms. The number of esters is 2. The predicted octanol–water partition coefficient (Wildman–Crippen LogP) is 4.30. The van der Waals surface area contributed by atoms with Gasteiger partial charge in [-0.15, -0.1) is 0 Å². The number of allylic oxidation sites excluding steroid dienone is 1. The molecule has 0 radical (unpaired) electrons. The van der Waals surface area contributed by atoms with Crippen molar-refractivity contribution in [2.75, 3.05) is 6.61 Å². The van der Waals surface area contributed by atoms with Crippen molar-refractivity contribution in [2.24, 2.45) is 46.3 Å². The van der Waals surface area contributed by atoms with Gasteiger partial charge in [0.05, 0.1) is 12.2 Å². The molecule has 41 heavy (non-hydrogen) atoms. The maximum Gasteiger partial charge on any atom is 0.337 e. The molecule has 218 valence electrons. The first-order valence-corrected chi connectivity index (χ1v) is 15.7. The van der Waals surface area contributed by atoms with Crippen LogP contribution >= 0.6 is 0 Å². The second kappa shape index (κ2) is 6.95. The molecule has 7 heteroatoms. The molecule has 0 saturated heterocycles. The van der Waals surface area contributed by atoms with Gasteiger partial charge in [-0.2, -0.15) is 0 Å². The zero-order valence-electron chi connectivity index (χ0n) is 24.6. The number of aliphatic hydroxyl groups is 2. The minimum Gasteiger partial charge on any atom is -0.446 e. The smallest absolute Gasteiger partial charge is 0.337 e. The van der Waals surface area contributed by atoms with Crippen molar-refractivity contribution in [1.29, 1.82) is 0 Å². The fourth-order valence-corrected chi connectivity index (χ4v) is 12.0. The molecule has 5 fully saturated rings. The highest BCUT2D eigenvalue weighted by atomic mass is 16.7.